The Balaban J connectivity index is 1.20. The second-order valence-electron chi connectivity index (χ2n) is 10.5. The van der Waals surface area contributed by atoms with Gasteiger partial charge in [0.05, 0.1) is 17.0 Å². The van der Waals surface area contributed by atoms with E-state index in [0.29, 0.717) is 23.1 Å². The van der Waals surface area contributed by atoms with Crippen molar-refractivity contribution < 1.29 is 9.59 Å². The van der Waals surface area contributed by atoms with E-state index in [9.17, 15) is 9.59 Å². The van der Waals surface area contributed by atoms with Crippen LogP contribution >= 0.6 is 0 Å². The fourth-order valence-electron chi connectivity index (χ4n) is 6.30. The molecule has 2 aromatic heterocycles. The van der Waals surface area contributed by atoms with Gasteiger partial charge in [0, 0.05) is 49.9 Å². The number of aromatic nitrogens is 2. The third kappa shape index (κ3) is 3.34. The van der Waals surface area contributed by atoms with Crippen LogP contribution in [0.4, 0.5) is 0 Å². The number of hydrogen-bond donors (Lipinski definition) is 0. The van der Waals surface area contributed by atoms with Gasteiger partial charge in [-0.25, -0.2) is 0 Å². The summed E-state index contributed by atoms with van der Waals surface area (Å²) in [6.07, 6.45) is 9.30. The van der Waals surface area contributed by atoms with Gasteiger partial charge in [0.25, 0.3) is 0 Å². The minimum Gasteiger partial charge on any atom is -0.350 e. The van der Waals surface area contributed by atoms with Crippen molar-refractivity contribution in [3.05, 3.63) is 65.1 Å². The Kier molecular flexibility index (Phi) is 4.84. The van der Waals surface area contributed by atoms with E-state index >= 15 is 0 Å². The smallest absolute Gasteiger partial charge is 0.228 e. The third-order valence-electron chi connectivity index (χ3n) is 8.34. The van der Waals surface area contributed by atoms with Crippen LogP contribution in [-0.2, 0) is 18.3 Å². The van der Waals surface area contributed by atoms with E-state index in [4.69, 9.17) is 5.26 Å². The van der Waals surface area contributed by atoms with Crippen molar-refractivity contribution in [2.24, 2.45) is 18.4 Å². The molecule has 7 rings (SSSR count). The number of nitrogens with zero attached hydrogens (tertiary/aromatic N) is 4. The highest BCUT2D eigenvalue weighted by Gasteiger charge is 2.62. The number of benzene rings is 1. The molecule has 6 nitrogen and oxygen atoms in total. The van der Waals surface area contributed by atoms with Crippen LogP contribution in [0.1, 0.15) is 65.2 Å². The summed E-state index contributed by atoms with van der Waals surface area (Å²) in [7, 11) is 2.06. The highest BCUT2D eigenvalue weighted by Crippen LogP contribution is 2.65. The molecule has 0 unspecified atom stereocenters. The summed E-state index contributed by atoms with van der Waals surface area (Å²) in [5.41, 5.74) is 4.20. The van der Waals surface area contributed by atoms with Gasteiger partial charge in [0.1, 0.15) is 5.69 Å². The largest absolute Gasteiger partial charge is 0.350 e. The van der Waals surface area contributed by atoms with Crippen molar-refractivity contribution in [3.63, 3.8) is 0 Å². The van der Waals surface area contributed by atoms with Gasteiger partial charge < -0.3 is 9.47 Å². The van der Waals surface area contributed by atoms with Gasteiger partial charge in [-0.3, -0.25) is 14.6 Å². The molecular weight excluding hydrogens is 424 g/mol. The molecule has 0 spiro atoms. The molecule has 1 aromatic carbocycles. The summed E-state index contributed by atoms with van der Waals surface area (Å²) in [5, 5.41) is 10.3. The standard InChI is InChI=1S/C28H28N4O2/c1-31-17-23(21-5-8-32(9-6-21)27(34)28-13-20(14-28)15-28)22-10-18(2-3-25(22)31)12-26(33)24-11-19(16-29)4-7-30-24/h2-4,7,10-11,17,20-21H,5-6,8-9,12-15H2,1H3. The summed E-state index contributed by atoms with van der Waals surface area (Å²) >= 11 is 0. The number of nitriles is 1. The van der Waals surface area contributed by atoms with Gasteiger partial charge in [0.15, 0.2) is 5.78 Å². The lowest BCUT2D eigenvalue weighted by atomic mass is 9.44. The van der Waals surface area contributed by atoms with E-state index in [0.717, 1.165) is 62.2 Å². The number of fused-ring (bicyclic) bond motifs is 1. The Morgan fingerprint density at radius 3 is 2.59 bits per heavy atom. The first-order chi connectivity index (χ1) is 16.5. The van der Waals surface area contributed by atoms with E-state index in [2.05, 4.69) is 45.9 Å². The Hall–Kier alpha value is -3.46. The number of likely N-dealkylation sites (tertiary alicyclic amines) is 1. The first-order valence-corrected chi connectivity index (χ1v) is 12.2. The van der Waals surface area contributed by atoms with Gasteiger partial charge in [-0.2, -0.15) is 5.26 Å². The maximum atomic E-state index is 13.0. The van der Waals surface area contributed by atoms with Gasteiger partial charge >= 0.3 is 0 Å². The van der Waals surface area contributed by atoms with Crippen LogP contribution in [-0.4, -0.2) is 39.2 Å². The zero-order valence-electron chi connectivity index (χ0n) is 19.5. The number of aryl methyl sites for hydroxylation is 1. The topological polar surface area (TPSA) is 79.0 Å². The maximum Gasteiger partial charge on any atom is 0.228 e. The van der Waals surface area contributed by atoms with Gasteiger partial charge in [-0.15, -0.1) is 0 Å². The average Bonchev–Trinajstić information content (AvgIpc) is 3.13. The molecule has 6 heteroatoms. The quantitative estimate of drug-likeness (QED) is 0.538. The number of carbonyl (C=O) groups is 2. The maximum absolute atomic E-state index is 13.0. The zero-order chi connectivity index (χ0) is 23.4. The van der Waals surface area contributed by atoms with Crippen LogP contribution in [0.15, 0.2) is 42.7 Å². The van der Waals surface area contributed by atoms with Crippen LogP contribution in [0.2, 0.25) is 0 Å². The average molecular weight is 453 g/mol. The number of pyridine rings is 1. The van der Waals surface area contributed by atoms with Crippen LogP contribution < -0.4 is 0 Å². The summed E-state index contributed by atoms with van der Waals surface area (Å²) < 4.78 is 2.16. The van der Waals surface area contributed by atoms with E-state index in [1.165, 1.54) is 17.1 Å². The Morgan fingerprint density at radius 1 is 1.15 bits per heavy atom. The van der Waals surface area contributed by atoms with E-state index in [1.807, 2.05) is 6.07 Å². The predicted octanol–water partition coefficient (Wildman–Crippen LogP) is 4.38. The van der Waals surface area contributed by atoms with Crippen molar-refractivity contribution in [1.29, 1.82) is 5.26 Å². The summed E-state index contributed by atoms with van der Waals surface area (Å²) in [5.74, 6) is 1.56. The number of rotatable bonds is 5. The predicted molar refractivity (Wildman–Crippen MR) is 128 cm³/mol. The fourth-order valence-corrected chi connectivity index (χ4v) is 6.30. The van der Waals surface area contributed by atoms with Crippen LogP contribution in [0.5, 0.6) is 0 Å². The Bertz CT molecular complexity index is 1340. The van der Waals surface area contributed by atoms with Crippen molar-refractivity contribution in [1.82, 2.24) is 14.5 Å². The molecule has 3 aliphatic carbocycles. The summed E-state index contributed by atoms with van der Waals surface area (Å²) in [6, 6.07) is 11.4. The van der Waals surface area contributed by atoms with Crippen molar-refractivity contribution in [2.45, 2.75) is 44.4 Å². The first-order valence-electron chi connectivity index (χ1n) is 12.2. The lowest BCUT2D eigenvalue weighted by Crippen LogP contribution is -2.61. The number of Topliss-reactive ketones (excluding diaryl/α,β-unsaturated/α-hetero) is 1. The lowest BCUT2D eigenvalue weighted by molar-refractivity contribution is -0.177. The van der Waals surface area contributed by atoms with Crippen molar-refractivity contribution in [3.8, 4) is 6.07 Å². The van der Waals surface area contributed by atoms with E-state index in [-0.39, 0.29) is 17.6 Å². The number of ketones is 1. The highest BCUT2D eigenvalue weighted by molar-refractivity contribution is 5.97. The van der Waals surface area contributed by atoms with Crippen molar-refractivity contribution in [2.75, 3.05) is 13.1 Å². The second-order valence-corrected chi connectivity index (χ2v) is 10.5. The fraction of sp³-hybridized carbons (Fsp3) is 0.429. The molecule has 34 heavy (non-hydrogen) atoms. The van der Waals surface area contributed by atoms with Crippen LogP contribution in [0.25, 0.3) is 10.9 Å². The SMILES string of the molecule is Cn1cc(C2CCN(C(=O)C34CC(C3)C4)CC2)c2cc(CC(=O)c3cc(C#N)ccn3)ccc21. The molecule has 0 N–H and O–H groups in total. The van der Waals surface area contributed by atoms with Crippen LogP contribution in [0.3, 0.4) is 0 Å². The number of carbonyl (C=O) groups excluding carboxylic acids is 2. The molecule has 1 amide bonds. The monoisotopic (exact) mass is 452 g/mol. The minimum absolute atomic E-state index is 0.0139. The third-order valence-corrected chi connectivity index (χ3v) is 8.34. The molecule has 172 valence electrons. The highest BCUT2D eigenvalue weighted by atomic mass is 16.2. The molecule has 4 aliphatic rings. The van der Waals surface area contributed by atoms with Gasteiger partial charge in [-0.05, 0) is 79.3 Å². The molecule has 3 saturated carbocycles. The molecule has 1 saturated heterocycles. The molecule has 0 atom stereocenters. The van der Waals surface area contributed by atoms with Gasteiger partial charge in [0.2, 0.25) is 5.91 Å². The first kappa shape index (κ1) is 21.1. The van der Waals surface area contributed by atoms with Gasteiger partial charge in [-0.1, -0.05) is 6.07 Å². The Morgan fingerprint density at radius 2 is 1.91 bits per heavy atom. The molecular formula is C28H28N4O2. The summed E-state index contributed by atoms with van der Waals surface area (Å²) in [4.78, 5) is 32.1. The molecule has 2 bridgehead atoms. The molecule has 3 heterocycles. The zero-order valence-corrected chi connectivity index (χ0v) is 19.5. The molecule has 3 aromatic rings. The van der Waals surface area contributed by atoms with Crippen molar-refractivity contribution >= 4 is 22.6 Å². The molecule has 4 fully saturated rings. The number of amides is 1. The van der Waals surface area contributed by atoms with E-state index in [1.54, 1.807) is 12.1 Å². The second kappa shape index (κ2) is 7.80. The molecule has 0 radical (unpaired) electrons. The lowest BCUT2D eigenvalue weighted by Gasteiger charge is -2.61. The van der Waals surface area contributed by atoms with E-state index < -0.39 is 0 Å². The number of hydrogen-bond acceptors (Lipinski definition) is 4. The summed E-state index contributed by atoms with van der Waals surface area (Å²) in [6.45, 7) is 1.68. The normalized spacial score (nSPS) is 23.8. The molecule has 1 aliphatic heterocycles. The van der Waals surface area contributed by atoms with Crippen LogP contribution in [0, 0.1) is 22.7 Å². The number of piperidine rings is 1. The minimum atomic E-state index is -0.0886. The Labute approximate surface area is 199 Å².